The Morgan fingerprint density at radius 1 is 1.30 bits per heavy atom. The average molecular weight is 365 g/mol. The first-order chi connectivity index (χ1) is 13.1. The summed E-state index contributed by atoms with van der Waals surface area (Å²) >= 11 is 0. The molecule has 27 heavy (non-hydrogen) atoms. The van der Waals surface area contributed by atoms with E-state index in [1.807, 2.05) is 40.8 Å². The van der Waals surface area contributed by atoms with Gasteiger partial charge in [-0.2, -0.15) is 10.2 Å². The number of carbonyl (C=O) groups excluding carboxylic acids is 1. The number of hydrogen-bond donors (Lipinski definition) is 1. The van der Waals surface area contributed by atoms with Gasteiger partial charge in [0.1, 0.15) is 12.7 Å². The molecule has 140 valence electrons. The van der Waals surface area contributed by atoms with Gasteiger partial charge < -0.3 is 10.2 Å². The number of likely N-dealkylation sites (tertiary alicyclic amines) is 1. The monoisotopic (exact) mass is 365 g/mol. The summed E-state index contributed by atoms with van der Waals surface area (Å²) in [7, 11) is 0. The number of carbonyl (C=O) groups is 1. The lowest BCUT2D eigenvalue weighted by atomic mass is 10.2. The number of hydrogen-bond acceptors (Lipinski definition) is 4. The number of aryl methyl sites for hydroxylation is 2. The lowest BCUT2D eigenvalue weighted by Crippen LogP contribution is -2.38. The lowest BCUT2D eigenvalue weighted by molar-refractivity contribution is 0.206. The summed E-state index contributed by atoms with van der Waals surface area (Å²) in [6, 6.07) is 10.1. The van der Waals surface area contributed by atoms with E-state index in [0.717, 1.165) is 35.6 Å². The molecule has 1 aromatic carbocycles. The standard InChI is InChI=1S/C19H23N7O/c1-14-9-15(2)26(23-14)17-7-8-24(11-17)19(27)21-10-16-5-3-4-6-18(16)25-13-20-12-22-25/h3-6,9,12-13,17H,7-8,10-11H2,1-2H3,(H,21,27)/t17-/m0/s1. The fourth-order valence-corrected chi connectivity index (χ4v) is 3.64. The first kappa shape index (κ1) is 17.3. The van der Waals surface area contributed by atoms with Gasteiger partial charge in [0.05, 0.1) is 17.4 Å². The Labute approximate surface area is 157 Å². The zero-order valence-electron chi connectivity index (χ0n) is 15.5. The fourth-order valence-electron chi connectivity index (χ4n) is 3.64. The van der Waals surface area contributed by atoms with Crippen LogP contribution in [-0.2, 0) is 6.54 Å². The molecule has 1 fully saturated rings. The summed E-state index contributed by atoms with van der Waals surface area (Å²) in [5, 5.41) is 11.8. The molecule has 0 bridgehead atoms. The maximum Gasteiger partial charge on any atom is 0.317 e. The first-order valence-corrected chi connectivity index (χ1v) is 9.10. The molecule has 0 aliphatic carbocycles. The Hall–Kier alpha value is -3.16. The Morgan fingerprint density at radius 2 is 2.15 bits per heavy atom. The van der Waals surface area contributed by atoms with Crippen LogP contribution < -0.4 is 5.32 Å². The molecule has 0 saturated carbocycles. The molecule has 1 aliphatic heterocycles. The Balaban J connectivity index is 1.39. The minimum Gasteiger partial charge on any atom is -0.334 e. The smallest absolute Gasteiger partial charge is 0.317 e. The van der Waals surface area contributed by atoms with Crippen molar-refractivity contribution in [3.8, 4) is 5.69 Å². The highest BCUT2D eigenvalue weighted by Gasteiger charge is 2.28. The second kappa shape index (κ2) is 7.22. The predicted molar refractivity (Wildman–Crippen MR) is 101 cm³/mol. The molecule has 3 heterocycles. The minimum absolute atomic E-state index is 0.0487. The highest BCUT2D eigenvalue weighted by Crippen LogP contribution is 2.23. The van der Waals surface area contributed by atoms with Gasteiger partial charge >= 0.3 is 6.03 Å². The molecule has 0 spiro atoms. The molecule has 4 rings (SSSR count). The van der Waals surface area contributed by atoms with Crippen LogP contribution in [0, 0.1) is 13.8 Å². The molecule has 0 unspecified atom stereocenters. The summed E-state index contributed by atoms with van der Waals surface area (Å²) in [5.41, 5.74) is 4.06. The van der Waals surface area contributed by atoms with Crippen LogP contribution in [-0.4, -0.2) is 48.6 Å². The molecule has 2 aromatic heterocycles. The van der Waals surface area contributed by atoms with Crippen molar-refractivity contribution < 1.29 is 4.79 Å². The quantitative estimate of drug-likeness (QED) is 0.769. The number of aromatic nitrogens is 5. The van der Waals surface area contributed by atoms with E-state index in [1.165, 1.54) is 6.33 Å². The summed E-state index contributed by atoms with van der Waals surface area (Å²) in [6.07, 6.45) is 4.07. The van der Waals surface area contributed by atoms with Gasteiger partial charge in [-0.05, 0) is 38.0 Å². The summed E-state index contributed by atoms with van der Waals surface area (Å²) in [4.78, 5) is 18.5. The molecule has 1 saturated heterocycles. The van der Waals surface area contributed by atoms with Gasteiger partial charge in [0, 0.05) is 25.3 Å². The number of para-hydroxylation sites is 1. The van der Waals surface area contributed by atoms with Crippen LogP contribution >= 0.6 is 0 Å². The number of urea groups is 1. The van der Waals surface area contributed by atoms with Crippen LogP contribution in [0.1, 0.15) is 29.4 Å². The average Bonchev–Trinajstić information content (AvgIpc) is 3.41. The molecule has 1 aliphatic rings. The van der Waals surface area contributed by atoms with Gasteiger partial charge in [0.25, 0.3) is 0 Å². The van der Waals surface area contributed by atoms with E-state index in [2.05, 4.69) is 33.5 Å². The van der Waals surface area contributed by atoms with Crippen LogP contribution in [0.25, 0.3) is 5.69 Å². The van der Waals surface area contributed by atoms with E-state index in [1.54, 1.807) is 11.0 Å². The van der Waals surface area contributed by atoms with Crippen molar-refractivity contribution in [3.05, 3.63) is 59.9 Å². The van der Waals surface area contributed by atoms with Crippen LogP contribution in [0.3, 0.4) is 0 Å². The number of rotatable bonds is 4. The Bertz CT molecular complexity index is 931. The third kappa shape index (κ3) is 3.55. The number of nitrogens with one attached hydrogen (secondary N) is 1. The Morgan fingerprint density at radius 3 is 2.89 bits per heavy atom. The lowest BCUT2D eigenvalue weighted by Gasteiger charge is -2.19. The van der Waals surface area contributed by atoms with Crippen molar-refractivity contribution in [2.24, 2.45) is 0 Å². The summed E-state index contributed by atoms with van der Waals surface area (Å²) < 4.78 is 3.75. The molecule has 8 nitrogen and oxygen atoms in total. The molecule has 2 amide bonds. The van der Waals surface area contributed by atoms with Crippen molar-refractivity contribution in [2.75, 3.05) is 13.1 Å². The van der Waals surface area contributed by atoms with Gasteiger partial charge in [-0.15, -0.1) is 0 Å². The van der Waals surface area contributed by atoms with Crippen LogP contribution in [0.4, 0.5) is 4.79 Å². The van der Waals surface area contributed by atoms with Gasteiger partial charge in [0.2, 0.25) is 0 Å². The van der Waals surface area contributed by atoms with Crippen LogP contribution in [0.15, 0.2) is 43.0 Å². The maximum absolute atomic E-state index is 12.6. The number of amides is 2. The van der Waals surface area contributed by atoms with E-state index >= 15 is 0 Å². The van der Waals surface area contributed by atoms with Crippen molar-refractivity contribution >= 4 is 6.03 Å². The first-order valence-electron chi connectivity index (χ1n) is 9.10. The molecule has 1 atom stereocenters. The van der Waals surface area contributed by atoms with Crippen LogP contribution in [0.2, 0.25) is 0 Å². The minimum atomic E-state index is -0.0487. The highest BCUT2D eigenvalue weighted by molar-refractivity contribution is 5.74. The number of nitrogens with zero attached hydrogens (tertiary/aromatic N) is 6. The number of benzene rings is 1. The van der Waals surface area contributed by atoms with E-state index in [9.17, 15) is 4.79 Å². The van der Waals surface area contributed by atoms with E-state index in [4.69, 9.17) is 0 Å². The van der Waals surface area contributed by atoms with Crippen molar-refractivity contribution in [1.29, 1.82) is 0 Å². The van der Waals surface area contributed by atoms with E-state index in [0.29, 0.717) is 13.1 Å². The van der Waals surface area contributed by atoms with Gasteiger partial charge in [-0.25, -0.2) is 14.5 Å². The zero-order valence-corrected chi connectivity index (χ0v) is 15.5. The largest absolute Gasteiger partial charge is 0.334 e. The summed E-state index contributed by atoms with van der Waals surface area (Å²) in [5.74, 6) is 0. The molecular weight excluding hydrogens is 342 g/mol. The maximum atomic E-state index is 12.6. The van der Waals surface area contributed by atoms with Crippen molar-refractivity contribution in [3.63, 3.8) is 0 Å². The second-order valence-corrected chi connectivity index (χ2v) is 6.89. The predicted octanol–water partition coefficient (Wildman–Crippen LogP) is 2.24. The third-order valence-electron chi connectivity index (χ3n) is 4.93. The molecule has 0 radical (unpaired) electrons. The summed E-state index contributed by atoms with van der Waals surface area (Å²) in [6.45, 7) is 5.91. The van der Waals surface area contributed by atoms with Gasteiger partial charge in [0.15, 0.2) is 0 Å². The molecular formula is C19H23N7O. The van der Waals surface area contributed by atoms with Gasteiger partial charge in [-0.3, -0.25) is 4.68 Å². The van der Waals surface area contributed by atoms with E-state index < -0.39 is 0 Å². The van der Waals surface area contributed by atoms with Crippen molar-refractivity contribution in [2.45, 2.75) is 32.9 Å². The third-order valence-corrected chi connectivity index (χ3v) is 4.93. The second-order valence-electron chi connectivity index (χ2n) is 6.89. The Kier molecular flexibility index (Phi) is 4.62. The topological polar surface area (TPSA) is 80.9 Å². The van der Waals surface area contributed by atoms with Crippen molar-refractivity contribution in [1.82, 2.24) is 34.8 Å². The molecule has 3 aromatic rings. The van der Waals surface area contributed by atoms with E-state index in [-0.39, 0.29) is 12.1 Å². The highest BCUT2D eigenvalue weighted by atomic mass is 16.2. The van der Waals surface area contributed by atoms with Gasteiger partial charge in [-0.1, -0.05) is 18.2 Å². The van der Waals surface area contributed by atoms with Crippen LogP contribution in [0.5, 0.6) is 0 Å². The zero-order chi connectivity index (χ0) is 18.8. The normalized spacial score (nSPS) is 16.7. The fraction of sp³-hybridized carbons (Fsp3) is 0.368. The SMILES string of the molecule is Cc1cc(C)n([C@H]2CCN(C(=O)NCc3ccccc3-n3cncn3)C2)n1. The molecule has 1 N–H and O–H groups in total. The molecule has 8 heteroatoms.